The molecule has 2 rings (SSSR count). The Labute approximate surface area is 116 Å². The molecule has 0 bridgehead atoms. The van der Waals surface area contributed by atoms with E-state index in [1.54, 1.807) is 12.1 Å². The fourth-order valence-electron chi connectivity index (χ4n) is 2.34. The maximum Gasteiger partial charge on any atom is 0.407 e. The quantitative estimate of drug-likeness (QED) is 0.860. The van der Waals surface area contributed by atoms with Crippen molar-refractivity contribution in [2.24, 2.45) is 5.73 Å². The first-order valence-electron chi connectivity index (χ1n) is 6.77. The Kier molecular flexibility index (Phi) is 4.33. The van der Waals surface area contributed by atoms with Gasteiger partial charge in [-0.3, -0.25) is 0 Å². The van der Waals surface area contributed by atoms with Gasteiger partial charge in [-0.15, -0.1) is 0 Å². The molecule has 108 valence electrons. The van der Waals surface area contributed by atoms with E-state index in [2.05, 4.69) is 6.92 Å². The molecule has 0 unspecified atom stereocenters. The third-order valence-electron chi connectivity index (χ3n) is 3.49. The Bertz CT molecular complexity index is 590. The number of alkyl halides is 3. The van der Waals surface area contributed by atoms with E-state index in [1.807, 2.05) is 18.2 Å². The Morgan fingerprint density at radius 3 is 2.55 bits per heavy atom. The maximum absolute atomic E-state index is 12.8. The van der Waals surface area contributed by atoms with Gasteiger partial charge >= 0.3 is 6.18 Å². The number of nitrogens with two attached hydrogens (primary N) is 1. The number of benzene rings is 2. The van der Waals surface area contributed by atoms with Crippen LogP contribution in [0.2, 0.25) is 0 Å². The molecule has 0 aliphatic carbocycles. The van der Waals surface area contributed by atoms with E-state index in [-0.39, 0.29) is 5.56 Å². The van der Waals surface area contributed by atoms with Crippen LogP contribution in [-0.4, -0.2) is 6.18 Å². The standard InChI is InChI=1S/C16H18F3N/c1-2-3-5-11-8-9-13-12(10-11)6-4-7-14(13)15(20)16(17,18)19/h4,6-10,15H,2-3,5,20H2,1H3/t15-/m0/s1. The van der Waals surface area contributed by atoms with E-state index < -0.39 is 12.2 Å². The van der Waals surface area contributed by atoms with Crippen LogP contribution in [0.3, 0.4) is 0 Å². The zero-order valence-corrected chi connectivity index (χ0v) is 11.4. The molecule has 0 spiro atoms. The van der Waals surface area contributed by atoms with Gasteiger partial charge in [0.15, 0.2) is 0 Å². The van der Waals surface area contributed by atoms with E-state index in [0.29, 0.717) is 5.39 Å². The SMILES string of the molecule is CCCCc1ccc2c([C@H](N)C(F)(F)F)cccc2c1. The molecule has 1 nitrogen and oxygen atoms in total. The molecule has 2 N–H and O–H groups in total. The molecule has 0 aliphatic heterocycles. The van der Waals surface area contributed by atoms with Gasteiger partial charge in [-0.05, 0) is 34.7 Å². The fraction of sp³-hybridized carbons (Fsp3) is 0.375. The lowest BCUT2D eigenvalue weighted by atomic mass is 9.96. The van der Waals surface area contributed by atoms with Gasteiger partial charge in [0.05, 0.1) is 0 Å². The zero-order valence-electron chi connectivity index (χ0n) is 11.4. The lowest BCUT2D eigenvalue weighted by Gasteiger charge is -2.18. The number of unbranched alkanes of at least 4 members (excludes halogenated alkanes) is 1. The van der Waals surface area contributed by atoms with Crippen LogP contribution in [-0.2, 0) is 6.42 Å². The molecule has 4 heteroatoms. The highest BCUT2D eigenvalue weighted by Crippen LogP contribution is 2.34. The van der Waals surface area contributed by atoms with E-state index in [1.165, 1.54) is 6.07 Å². The third-order valence-corrected chi connectivity index (χ3v) is 3.49. The third kappa shape index (κ3) is 3.12. The summed E-state index contributed by atoms with van der Waals surface area (Å²) in [6.07, 6.45) is -1.30. The van der Waals surface area contributed by atoms with Crippen molar-refractivity contribution in [3.63, 3.8) is 0 Å². The van der Waals surface area contributed by atoms with Crippen molar-refractivity contribution in [1.29, 1.82) is 0 Å². The Balaban J connectivity index is 2.43. The molecule has 1 atom stereocenters. The fourth-order valence-corrected chi connectivity index (χ4v) is 2.34. The Morgan fingerprint density at radius 1 is 1.15 bits per heavy atom. The average Bonchev–Trinajstić information content (AvgIpc) is 2.42. The van der Waals surface area contributed by atoms with E-state index in [4.69, 9.17) is 5.73 Å². The predicted octanol–water partition coefficient (Wildman–Crippen LogP) is 4.74. The van der Waals surface area contributed by atoms with Gasteiger partial charge in [-0.2, -0.15) is 13.2 Å². The normalized spacial score (nSPS) is 13.7. The van der Waals surface area contributed by atoms with Crippen molar-refractivity contribution in [3.05, 3.63) is 47.5 Å². The number of halogens is 3. The van der Waals surface area contributed by atoms with Gasteiger partial charge in [0.25, 0.3) is 0 Å². The second-order valence-electron chi connectivity index (χ2n) is 5.03. The summed E-state index contributed by atoms with van der Waals surface area (Å²) in [6, 6.07) is 8.58. The lowest BCUT2D eigenvalue weighted by Crippen LogP contribution is -2.28. The molecule has 0 aromatic heterocycles. The maximum atomic E-state index is 12.8. The number of fused-ring (bicyclic) bond motifs is 1. The summed E-state index contributed by atoms with van der Waals surface area (Å²) in [5.41, 5.74) is 6.62. The van der Waals surface area contributed by atoms with Crippen molar-refractivity contribution >= 4 is 10.8 Å². The highest BCUT2D eigenvalue weighted by atomic mass is 19.4. The first kappa shape index (κ1) is 14.9. The largest absolute Gasteiger partial charge is 0.407 e. The Morgan fingerprint density at radius 2 is 1.90 bits per heavy atom. The molecule has 0 saturated carbocycles. The van der Waals surface area contributed by atoms with Crippen molar-refractivity contribution in [1.82, 2.24) is 0 Å². The van der Waals surface area contributed by atoms with Gasteiger partial charge < -0.3 is 5.73 Å². The Hall–Kier alpha value is -1.55. The lowest BCUT2D eigenvalue weighted by molar-refractivity contribution is -0.148. The molecule has 0 aliphatic rings. The predicted molar refractivity (Wildman–Crippen MR) is 75.5 cm³/mol. The first-order valence-corrected chi connectivity index (χ1v) is 6.77. The minimum absolute atomic E-state index is 0.136. The van der Waals surface area contributed by atoms with Crippen LogP contribution < -0.4 is 5.73 Å². The highest BCUT2D eigenvalue weighted by Gasteiger charge is 2.38. The van der Waals surface area contributed by atoms with E-state index in [0.717, 1.165) is 30.2 Å². The summed E-state index contributed by atoms with van der Waals surface area (Å²) in [6.45, 7) is 2.11. The van der Waals surface area contributed by atoms with Crippen LogP contribution >= 0.6 is 0 Å². The van der Waals surface area contributed by atoms with Crippen molar-refractivity contribution in [3.8, 4) is 0 Å². The smallest absolute Gasteiger partial charge is 0.316 e. The number of rotatable bonds is 4. The van der Waals surface area contributed by atoms with Crippen molar-refractivity contribution < 1.29 is 13.2 Å². The minimum Gasteiger partial charge on any atom is -0.316 e. The molecule has 0 fully saturated rings. The summed E-state index contributed by atoms with van der Waals surface area (Å²) in [5, 5.41) is 1.40. The summed E-state index contributed by atoms with van der Waals surface area (Å²) in [7, 11) is 0. The summed E-state index contributed by atoms with van der Waals surface area (Å²) in [5.74, 6) is 0. The zero-order chi connectivity index (χ0) is 14.8. The molecule has 0 radical (unpaired) electrons. The van der Waals surface area contributed by atoms with Crippen LogP contribution in [0, 0.1) is 0 Å². The monoisotopic (exact) mass is 281 g/mol. The highest BCUT2D eigenvalue weighted by molar-refractivity contribution is 5.86. The second kappa shape index (κ2) is 5.83. The van der Waals surface area contributed by atoms with Gasteiger partial charge in [-0.1, -0.05) is 49.7 Å². The van der Waals surface area contributed by atoms with Crippen LogP contribution in [0.25, 0.3) is 10.8 Å². The number of hydrogen-bond donors (Lipinski definition) is 1. The van der Waals surface area contributed by atoms with Gasteiger partial charge in [0.1, 0.15) is 6.04 Å². The molecule has 2 aromatic rings. The van der Waals surface area contributed by atoms with Crippen LogP contribution in [0.4, 0.5) is 13.2 Å². The van der Waals surface area contributed by atoms with Crippen LogP contribution in [0.15, 0.2) is 36.4 Å². The van der Waals surface area contributed by atoms with E-state index >= 15 is 0 Å². The van der Waals surface area contributed by atoms with Crippen molar-refractivity contribution in [2.45, 2.75) is 38.4 Å². The van der Waals surface area contributed by atoms with Gasteiger partial charge in [0, 0.05) is 0 Å². The summed E-state index contributed by atoms with van der Waals surface area (Å²) in [4.78, 5) is 0. The van der Waals surface area contributed by atoms with Crippen LogP contribution in [0.1, 0.15) is 36.9 Å². The average molecular weight is 281 g/mol. The molecule has 0 heterocycles. The topological polar surface area (TPSA) is 26.0 Å². The molecule has 20 heavy (non-hydrogen) atoms. The number of hydrogen-bond acceptors (Lipinski definition) is 1. The molecular weight excluding hydrogens is 263 g/mol. The summed E-state index contributed by atoms with van der Waals surface area (Å²) < 4.78 is 38.4. The van der Waals surface area contributed by atoms with Crippen molar-refractivity contribution in [2.75, 3.05) is 0 Å². The number of aryl methyl sites for hydroxylation is 1. The van der Waals surface area contributed by atoms with E-state index in [9.17, 15) is 13.2 Å². The van der Waals surface area contributed by atoms with Crippen LogP contribution in [0.5, 0.6) is 0 Å². The molecule has 0 saturated heterocycles. The molecular formula is C16H18F3N. The second-order valence-corrected chi connectivity index (χ2v) is 5.03. The molecule has 0 amide bonds. The minimum atomic E-state index is -4.42. The van der Waals surface area contributed by atoms with Gasteiger partial charge in [0.2, 0.25) is 0 Å². The summed E-state index contributed by atoms with van der Waals surface area (Å²) >= 11 is 0. The van der Waals surface area contributed by atoms with Gasteiger partial charge in [-0.25, -0.2) is 0 Å². The first-order chi connectivity index (χ1) is 9.43. The molecule has 2 aromatic carbocycles.